The monoisotopic (exact) mass is 185 g/mol. The fourth-order valence-electron chi connectivity index (χ4n) is 1.32. The number of rotatable bonds is 6. The molecule has 0 aliphatic carbocycles. The molecule has 0 spiro atoms. The molecule has 1 N–H and O–H groups in total. The van der Waals surface area contributed by atoms with Crippen LogP contribution in [0.1, 0.15) is 34.6 Å². The molecule has 0 radical (unpaired) electrons. The van der Waals surface area contributed by atoms with Gasteiger partial charge in [0.15, 0.2) is 0 Å². The predicted molar refractivity (Wildman–Crippen MR) is 58.0 cm³/mol. The molecule has 0 saturated carbocycles. The van der Waals surface area contributed by atoms with Gasteiger partial charge in [0.25, 0.3) is 0 Å². The molecule has 0 aromatic carbocycles. The van der Waals surface area contributed by atoms with E-state index in [0.717, 1.165) is 13.2 Å². The van der Waals surface area contributed by atoms with E-state index < -0.39 is 0 Å². The van der Waals surface area contributed by atoms with Crippen LogP contribution in [0.15, 0.2) is 11.6 Å². The fraction of sp³-hybridized carbons (Fsp3) is 0.818. The fourth-order valence-corrected chi connectivity index (χ4v) is 1.32. The summed E-state index contributed by atoms with van der Waals surface area (Å²) in [5.41, 5.74) is 1.33. The van der Waals surface area contributed by atoms with E-state index in [0.29, 0.717) is 6.04 Å². The first-order valence-electron chi connectivity index (χ1n) is 5.11. The van der Waals surface area contributed by atoms with Gasteiger partial charge in [-0.2, -0.15) is 0 Å². The Hall–Kier alpha value is -0.340. The number of ether oxygens (including phenoxy) is 1. The Bertz CT molecular complexity index is 150. The van der Waals surface area contributed by atoms with Crippen LogP contribution in [-0.2, 0) is 4.74 Å². The number of hydrogen-bond donors (Lipinski definition) is 1. The molecule has 2 heteroatoms. The average Bonchev–Trinajstić information content (AvgIpc) is 2.03. The Balaban J connectivity index is 4.14. The minimum absolute atomic E-state index is 0.250. The lowest BCUT2D eigenvalue weighted by molar-refractivity contribution is 0.0595. The van der Waals surface area contributed by atoms with Gasteiger partial charge in [-0.3, -0.25) is 0 Å². The van der Waals surface area contributed by atoms with Crippen molar-refractivity contribution in [2.75, 3.05) is 13.2 Å². The first-order valence-corrected chi connectivity index (χ1v) is 5.11. The van der Waals surface area contributed by atoms with Crippen LogP contribution in [0.25, 0.3) is 0 Å². The lowest BCUT2D eigenvalue weighted by Crippen LogP contribution is -2.38. The summed E-state index contributed by atoms with van der Waals surface area (Å²) in [6, 6.07) is 0.343. The topological polar surface area (TPSA) is 21.3 Å². The van der Waals surface area contributed by atoms with Gasteiger partial charge in [0.05, 0.1) is 12.1 Å². The largest absolute Gasteiger partial charge is 0.377 e. The normalized spacial score (nSPS) is 15.2. The van der Waals surface area contributed by atoms with Crippen LogP contribution in [-0.4, -0.2) is 25.3 Å². The van der Waals surface area contributed by atoms with Gasteiger partial charge in [-0.1, -0.05) is 18.6 Å². The first kappa shape index (κ1) is 12.7. The molecule has 0 amide bonds. The molecule has 2 nitrogen and oxygen atoms in total. The third-order valence-corrected chi connectivity index (χ3v) is 1.89. The van der Waals surface area contributed by atoms with Gasteiger partial charge >= 0.3 is 0 Å². The van der Waals surface area contributed by atoms with E-state index in [1.807, 2.05) is 6.92 Å². The summed E-state index contributed by atoms with van der Waals surface area (Å²) >= 11 is 0. The number of likely N-dealkylation sites (N-methyl/N-ethyl adjacent to an activating group) is 1. The van der Waals surface area contributed by atoms with E-state index in [1.54, 1.807) is 0 Å². The van der Waals surface area contributed by atoms with Crippen molar-refractivity contribution in [2.45, 2.75) is 46.8 Å². The van der Waals surface area contributed by atoms with Gasteiger partial charge in [-0.05, 0) is 34.2 Å². The number of nitrogens with one attached hydrogen (secondary N) is 1. The van der Waals surface area contributed by atoms with Crippen LogP contribution in [0, 0.1) is 0 Å². The van der Waals surface area contributed by atoms with Gasteiger partial charge in [0.2, 0.25) is 0 Å². The Morgan fingerprint density at radius 1 is 1.38 bits per heavy atom. The zero-order valence-corrected chi connectivity index (χ0v) is 9.55. The van der Waals surface area contributed by atoms with Gasteiger partial charge in [-0.25, -0.2) is 0 Å². The van der Waals surface area contributed by atoms with E-state index in [9.17, 15) is 0 Å². The van der Waals surface area contributed by atoms with Crippen molar-refractivity contribution in [3.63, 3.8) is 0 Å². The summed E-state index contributed by atoms with van der Waals surface area (Å²) in [6.45, 7) is 12.2. The Morgan fingerprint density at radius 2 is 2.00 bits per heavy atom. The summed E-state index contributed by atoms with van der Waals surface area (Å²) in [5, 5.41) is 3.40. The highest BCUT2D eigenvalue weighted by molar-refractivity contribution is 5.03. The molecule has 0 aromatic rings. The zero-order valence-electron chi connectivity index (χ0n) is 9.55. The second-order valence-electron chi connectivity index (χ2n) is 3.49. The Labute approximate surface area is 82.4 Å². The molecule has 2 unspecified atom stereocenters. The lowest BCUT2D eigenvalue weighted by atomic mass is 10.1. The highest BCUT2D eigenvalue weighted by atomic mass is 16.5. The maximum Gasteiger partial charge on any atom is 0.0735 e. The molecule has 0 fully saturated rings. The summed E-state index contributed by atoms with van der Waals surface area (Å²) in [5.74, 6) is 0. The van der Waals surface area contributed by atoms with Crippen molar-refractivity contribution in [3.05, 3.63) is 11.6 Å². The van der Waals surface area contributed by atoms with Gasteiger partial charge in [0, 0.05) is 6.61 Å². The summed E-state index contributed by atoms with van der Waals surface area (Å²) < 4.78 is 5.55. The second-order valence-corrected chi connectivity index (χ2v) is 3.49. The molecule has 0 aromatic heterocycles. The third-order valence-electron chi connectivity index (χ3n) is 1.89. The van der Waals surface area contributed by atoms with Gasteiger partial charge in [-0.15, -0.1) is 0 Å². The lowest BCUT2D eigenvalue weighted by Gasteiger charge is -2.22. The van der Waals surface area contributed by atoms with Crippen molar-refractivity contribution in [1.82, 2.24) is 5.32 Å². The molecule has 0 heterocycles. The van der Waals surface area contributed by atoms with E-state index in [2.05, 4.69) is 39.1 Å². The van der Waals surface area contributed by atoms with Crippen molar-refractivity contribution >= 4 is 0 Å². The van der Waals surface area contributed by atoms with Crippen LogP contribution in [0.4, 0.5) is 0 Å². The smallest absolute Gasteiger partial charge is 0.0735 e. The molecule has 0 saturated heterocycles. The predicted octanol–water partition coefficient (Wildman–Crippen LogP) is 2.36. The van der Waals surface area contributed by atoms with Crippen LogP contribution in [0.2, 0.25) is 0 Å². The van der Waals surface area contributed by atoms with E-state index in [-0.39, 0.29) is 6.10 Å². The Morgan fingerprint density at radius 3 is 2.38 bits per heavy atom. The molecular formula is C11H23NO. The molecular weight excluding hydrogens is 162 g/mol. The molecule has 0 aliphatic rings. The second kappa shape index (κ2) is 7.10. The van der Waals surface area contributed by atoms with E-state index >= 15 is 0 Å². The van der Waals surface area contributed by atoms with Crippen LogP contribution < -0.4 is 5.32 Å². The van der Waals surface area contributed by atoms with Gasteiger partial charge < -0.3 is 10.1 Å². The molecule has 0 bridgehead atoms. The van der Waals surface area contributed by atoms with Crippen molar-refractivity contribution < 1.29 is 4.74 Å². The summed E-state index contributed by atoms with van der Waals surface area (Å²) in [6.07, 6.45) is 2.48. The summed E-state index contributed by atoms with van der Waals surface area (Å²) in [7, 11) is 0. The van der Waals surface area contributed by atoms with E-state index in [1.165, 1.54) is 5.57 Å². The quantitative estimate of drug-likeness (QED) is 0.641. The van der Waals surface area contributed by atoms with Gasteiger partial charge in [0.1, 0.15) is 0 Å². The zero-order chi connectivity index (χ0) is 10.3. The SMILES string of the molecule is CCNC(C=C(C)C)C(C)OCC. The van der Waals surface area contributed by atoms with Crippen molar-refractivity contribution in [2.24, 2.45) is 0 Å². The van der Waals surface area contributed by atoms with E-state index in [4.69, 9.17) is 4.74 Å². The number of allylic oxidation sites excluding steroid dienone is 1. The summed E-state index contributed by atoms with van der Waals surface area (Å²) in [4.78, 5) is 0. The van der Waals surface area contributed by atoms with Crippen molar-refractivity contribution in [1.29, 1.82) is 0 Å². The first-order chi connectivity index (χ1) is 6.11. The Kier molecular flexibility index (Phi) is 6.92. The molecule has 78 valence electrons. The molecule has 0 rings (SSSR count). The average molecular weight is 185 g/mol. The number of hydrogen-bond acceptors (Lipinski definition) is 2. The highest BCUT2D eigenvalue weighted by Gasteiger charge is 2.12. The third kappa shape index (κ3) is 5.83. The maximum atomic E-state index is 5.55. The van der Waals surface area contributed by atoms with Crippen molar-refractivity contribution in [3.8, 4) is 0 Å². The molecule has 0 aliphatic heterocycles. The highest BCUT2D eigenvalue weighted by Crippen LogP contribution is 2.03. The molecule has 2 atom stereocenters. The van der Waals surface area contributed by atoms with Crippen LogP contribution >= 0.6 is 0 Å². The minimum atomic E-state index is 0.250. The standard InChI is InChI=1S/C11H23NO/c1-6-12-11(8-9(3)4)10(5)13-7-2/h8,10-12H,6-7H2,1-5H3. The molecule has 13 heavy (non-hydrogen) atoms. The van der Waals surface area contributed by atoms with Crippen LogP contribution in [0.3, 0.4) is 0 Å². The maximum absolute atomic E-state index is 5.55. The minimum Gasteiger partial charge on any atom is -0.377 e. The van der Waals surface area contributed by atoms with Crippen LogP contribution in [0.5, 0.6) is 0 Å².